The number of rotatable bonds is 4. The lowest BCUT2D eigenvalue weighted by Gasteiger charge is -2.23. The number of nitrogens with zero attached hydrogens (tertiary/aromatic N) is 5. The number of anilines is 2. The van der Waals surface area contributed by atoms with Gasteiger partial charge in [0.2, 0.25) is 5.95 Å². The van der Waals surface area contributed by atoms with Gasteiger partial charge in [0.25, 0.3) is 0 Å². The highest BCUT2D eigenvalue weighted by Gasteiger charge is 2.16. The Hall–Kier alpha value is -3.26. The maximum absolute atomic E-state index is 5.98. The first kappa shape index (κ1) is 17.8. The molecule has 0 spiro atoms. The van der Waals surface area contributed by atoms with Crippen molar-refractivity contribution >= 4 is 28.2 Å². The molecule has 4 aromatic rings. The van der Waals surface area contributed by atoms with E-state index in [1.165, 1.54) is 18.3 Å². The molecule has 1 atom stereocenters. The van der Waals surface area contributed by atoms with Crippen LogP contribution in [0, 0.1) is 0 Å². The van der Waals surface area contributed by atoms with Crippen molar-refractivity contribution in [2.24, 2.45) is 0 Å². The van der Waals surface area contributed by atoms with Crippen molar-refractivity contribution in [1.29, 1.82) is 0 Å². The lowest BCUT2D eigenvalue weighted by molar-refractivity contribution is 0.478. The first-order valence-corrected chi connectivity index (χ1v) is 10.1. The van der Waals surface area contributed by atoms with Crippen LogP contribution >= 0.6 is 0 Å². The molecule has 29 heavy (non-hydrogen) atoms. The summed E-state index contributed by atoms with van der Waals surface area (Å²) in [6, 6.07) is 8.64. The van der Waals surface area contributed by atoms with Gasteiger partial charge in [-0.1, -0.05) is 6.92 Å². The van der Waals surface area contributed by atoms with Crippen LogP contribution in [0.25, 0.3) is 27.7 Å². The molecule has 1 fully saturated rings. The summed E-state index contributed by atoms with van der Waals surface area (Å²) in [7, 11) is 0. The van der Waals surface area contributed by atoms with Gasteiger partial charge in [-0.05, 0) is 55.6 Å². The predicted molar refractivity (Wildman–Crippen MR) is 115 cm³/mol. The van der Waals surface area contributed by atoms with Crippen LogP contribution in [0.15, 0.2) is 36.8 Å². The zero-order valence-corrected chi connectivity index (χ0v) is 16.4. The van der Waals surface area contributed by atoms with E-state index in [-0.39, 0.29) is 0 Å². The molecule has 3 aromatic heterocycles. The van der Waals surface area contributed by atoms with Crippen LogP contribution in [-0.4, -0.2) is 43.7 Å². The fourth-order valence-electron chi connectivity index (χ4n) is 4.04. The van der Waals surface area contributed by atoms with Gasteiger partial charge in [0, 0.05) is 29.7 Å². The molecule has 1 aromatic carbocycles. The maximum atomic E-state index is 5.98. The van der Waals surface area contributed by atoms with E-state index in [0.717, 1.165) is 53.6 Å². The van der Waals surface area contributed by atoms with E-state index in [4.69, 9.17) is 10.7 Å². The second-order valence-corrected chi connectivity index (χ2v) is 7.47. The van der Waals surface area contributed by atoms with Gasteiger partial charge < -0.3 is 16.4 Å². The summed E-state index contributed by atoms with van der Waals surface area (Å²) in [5, 5.41) is 12.3. The molecular weight excluding hydrogens is 364 g/mol. The summed E-state index contributed by atoms with van der Waals surface area (Å²) in [5.41, 5.74) is 11.0. The van der Waals surface area contributed by atoms with Crippen molar-refractivity contribution in [2.45, 2.75) is 32.2 Å². The summed E-state index contributed by atoms with van der Waals surface area (Å²) in [4.78, 5) is 13.5. The number of hydrogen-bond acceptors (Lipinski definition) is 7. The molecule has 0 bridgehead atoms. The zero-order valence-electron chi connectivity index (χ0n) is 16.4. The summed E-state index contributed by atoms with van der Waals surface area (Å²) >= 11 is 0. The SMILES string of the molecule is CCc1cc(-c2ccc3c(N)ncnn23)cc2cnc(N[C@H]3CCCNC3)nc12. The standard InChI is InChI=1S/C21H24N8/c1-2-13-8-14(17-5-6-18-20(22)25-12-26-29(17)18)9-15-10-24-21(28-19(13)15)27-16-4-3-7-23-11-16/h5-6,8-10,12,16,23H,2-4,7,11H2,1H3,(H2,22,25,26)(H,24,27,28)/t16-/m0/s1. The highest BCUT2D eigenvalue weighted by Crippen LogP contribution is 2.29. The Labute approximate surface area is 168 Å². The van der Waals surface area contributed by atoms with E-state index in [1.807, 2.05) is 22.8 Å². The molecule has 5 rings (SSSR count). The number of piperidine rings is 1. The molecule has 148 valence electrons. The van der Waals surface area contributed by atoms with E-state index in [9.17, 15) is 0 Å². The molecule has 4 N–H and O–H groups in total. The maximum Gasteiger partial charge on any atom is 0.223 e. The van der Waals surface area contributed by atoms with Crippen LogP contribution in [0.1, 0.15) is 25.3 Å². The number of fused-ring (bicyclic) bond motifs is 2. The van der Waals surface area contributed by atoms with Gasteiger partial charge in [0.05, 0.1) is 11.2 Å². The molecule has 4 heterocycles. The van der Waals surface area contributed by atoms with Crippen LogP contribution in [-0.2, 0) is 6.42 Å². The van der Waals surface area contributed by atoms with Crippen molar-refractivity contribution in [3.63, 3.8) is 0 Å². The number of hydrogen-bond donors (Lipinski definition) is 3. The smallest absolute Gasteiger partial charge is 0.223 e. The quantitative estimate of drug-likeness (QED) is 0.493. The number of benzene rings is 1. The van der Waals surface area contributed by atoms with Gasteiger partial charge in [-0.2, -0.15) is 5.10 Å². The van der Waals surface area contributed by atoms with Gasteiger partial charge in [-0.15, -0.1) is 0 Å². The van der Waals surface area contributed by atoms with Crippen molar-refractivity contribution in [2.75, 3.05) is 24.1 Å². The first-order chi connectivity index (χ1) is 14.2. The minimum atomic E-state index is 0.378. The fourth-order valence-corrected chi connectivity index (χ4v) is 4.04. The van der Waals surface area contributed by atoms with Gasteiger partial charge in [-0.25, -0.2) is 19.5 Å². The summed E-state index contributed by atoms with van der Waals surface area (Å²) < 4.78 is 1.83. The third-order valence-corrected chi connectivity index (χ3v) is 5.55. The monoisotopic (exact) mass is 388 g/mol. The molecule has 8 heteroatoms. The number of nitrogens with two attached hydrogens (primary N) is 1. The molecule has 8 nitrogen and oxygen atoms in total. The number of nitrogen functional groups attached to an aromatic ring is 1. The average molecular weight is 388 g/mol. The summed E-state index contributed by atoms with van der Waals surface area (Å²) in [6.45, 7) is 4.19. The summed E-state index contributed by atoms with van der Waals surface area (Å²) in [5.74, 6) is 1.17. The van der Waals surface area contributed by atoms with Crippen molar-refractivity contribution in [3.8, 4) is 11.3 Å². The second-order valence-electron chi connectivity index (χ2n) is 7.47. The third kappa shape index (κ3) is 3.25. The normalized spacial score (nSPS) is 17.1. The first-order valence-electron chi connectivity index (χ1n) is 10.1. The molecular formula is C21H24N8. The lowest BCUT2D eigenvalue weighted by atomic mass is 10.0. The number of aromatic nitrogens is 5. The van der Waals surface area contributed by atoms with Gasteiger partial charge in [0.15, 0.2) is 5.82 Å². The topological polar surface area (TPSA) is 106 Å². The Kier molecular flexibility index (Phi) is 4.48. The van der Waals surface area contributed by atoms with Gasteiger partial charge in [0.1, 0.15) is 11.8 Å². The minimum absolute atomic E-state index is 0.378. The average Bonchev–Trinajstić information content (AvgIpc) is 3.19. The minimum Gasteiger partial charge on any atom is -0.382 e. The fraction of sp³-hybridized carbons (Fsp3) is 0.333. The Bertz CT molecular complexity index is 1180. The Balaban J connectivity index is 1.56. The van der Waals surface area contributed by atoms with Gasteiger partial charge in [-0.3, -0.25) is 0 Å². The molecule has 1 aliphatic rings. The van der Waals surface area contributed by atoms with E-state index >= 15 is 0 Å². The van der Waals surface area contributed by atoms with E-state index in [1.54, 1.807) is 0 Å². The zero-order chi connectivity index (χ0) is 19.8. The van der Waals surface area contributed by atoms with E-state index in [0.29, 0.717) is 17.8 Å². The van der Waals surface area contributed by atoms with Gasteiger partial charge >= 0.3 is 0 Å². The Morgan fingerprint density at radius 2 is 2.21 bits per heavy atom. The van der Waals surface area contributed by atoms with Crippen LogP contribution in [0.2, 0.25) is 0 Å². The molecule has 0 saturated carbocycles. The van der Waals surface area contributed by atoms with Crippen molar-refractivity contribution in [1.82, 2.24) is 29.9 Å². The Morgan fingerprint density at radius 1 is 1.28 bits per heavy atom. The molecule has 0 radical (unpaired) electrons. The molecule has 1 aliphatic heterocycles. The second kappa shape index (κ2) is 7.29. The lowest BCUT2D eigenvalue weighted by Crippen LogP contribution is -2.38. The predicted octanol–water partition coefficient (Wildman–Crippen LogP) is 2.65. The third-order valence-electron chi connectivity index (χ3n) is 5.55. The summed E-state index contributed by atoms with van der Waals surface area (Å²) in [6.07, 6.45) is 6.58. The van der Waals surface area contributed by atoms with Crippen molar-refractivity contribution in [3.05, 3.63) is 42.4 Å². The number of aryl methyl sites for hydroxylation is 1. The number of nitrogens with one attached hydrogen (secondary N) is 2. The van der Waals surface area contributed by atoms with E-state index in [2.05, 4.69) is 44.8 Å². The van der Waals surface area contributed by atoms with Crippen LogP contribution in [0.5, 0.6) is 0 Å². The van der Waals surface area contributed by atoms with Crippen molar-refractivity contribution < 1.29 is 0 Å². The molecule has 0 aliphatic carbocycles. The highest BCUT2D eigenvalue weighted by molar-refractivity contribution is 5.88. The largest absolute Gasteiger partial charge is 0.382 e. The van der Waals surface area contributed by atoms with E-state index < -0.39 is 0 Å². The van der Waals surface area contributed by atoms with Crippen LogP contribution < -0.4 is 16.4 Å². The van der Waals surface area contributed by atoms with Crippen LogP contribution in [0.4, 0.5) is 11.8 Å². The molecule has 1 saturated heterocycles. The highest BCUT2D eigenvalue weighted by atomic mass is 15.3. The Morgan fingerprint density at radius 3 is 3.03 bits per heavy atom. The molecule has 0 unspecified atom stereocenters. The molecule has 0 amide bonds. The van der Waals surface area contributed by atoms with Crippen LogP contribution in [0.3, 0.4) is 0 Å².